The Morgan fingerprint density at radius 1 is 1.33 bits per heavy atom. The van der Waals surface area contributed by atoms with Crippen LogP contribution in [0.25, 0.3) is 5.69 Å². The van der Waals surface area contributed by atoms with Gasteiger partial charge in [-0.3, -0.25) is 0 Å². The fraction of sp³-hybridized carbons (Fsp3) is 0.357. The molecule has 0 bridgehead atoms. The fourth-order valence-corrected chi connectivity index (χ4v) is 2.08. The molecule has 96 valence electrons. The first-order valence-electron chi connectivity index (χ1n) is 6.13. The van der Waals surface area contributed by atoms with Gasteiger partial charge in [0, 0.05) is 5.69 Å². The van der Waals surface area contributed by atoms with Crippen LogP contribution in [-0.4, -0.2) is 16.3 Å². The van der Waals surface area contributed by atoms with Crippen molar-refractivity contribution in [1.82, 2.24) is 9.78 Å². The molecule has 0 amide bonds. The van der Waals surface area contributed by atoms with Crippen LogP contribution in [0.1, 0.15) is 23.2 Å². The molecular formula is C14H18FN3. The van der Waals surface area contributed by atoms with Crippen LogP contribution >= 0.6 is 0 Å². The standard InChI is InChI=1S/C14H18FN3/c1-10-8-13(15)5-6-14(10)18-11(2)12(9-17-18)4-3-7-16/h5-6,8-9H,3-4,7,16H2,1-2H3. The van der Waals surface area contributed by atoms with E-state index < -0.39 is 0 Å². The van der Waals surface area contributed by atoms with Gasteiger partial charge >= 0.3 is 0 Å². The van der Waals surface area contributed by atoms with Gasteiger partial charge in [-0.05, 0) is 62.6 Å². The average molecular weight is 247 g/mol. The van der Waals surface area contributed by atoms with Crippen LogP contribution in [0.4, 0.5) is 4.39 Å². The maximum Gasteiger partial charge on any atom is 0.123 e. The zero-order chi connectivity index (χ0) is 13.1. The van der Waals surface area contributed by atoms with Gasteiger partial charge in [-0.25, -0.2) is 9.07 Å². The van der Waals surface area contributed by atoms with Gasteiger partial charge in [0.2, 0.25) is 0 Å². The van der Waals surface area contributed by atoms with Crippen LogP contribution in [0.5, 0.6) is 0 Å². The van der Waals surface area contributed by atoms with E-state index in [0.717, 1.165) is 29.8 Å². The summed E-state index contributed by atoms with van der Waals surface area (Å²) in [7, 11) is 0. The number of nitrogens with two attached hydrogens (primary N) is 1. The number of nitrogens with zero attached hydrogens (tertiary/aromatic N) is 2. The molecule has 0 aliphatic heterocycles. The van der Waals surface area contributed by atoms with Crippen LogP contribution in [-0.2, 0) is 6.42 Å². The van der Waals surface area contributed by atoms with Gasteiger partial charge < -0.3 is 5.73 Å². The van der Waals surface area contributed by atoms with Gasteiger partial charge in [0.15, 0.2) is 0 Å². The summed E-state index contributed by atoms with van der Waals surface area (Å²) in [6.45, 7) is 4.60. The summed E-state index contributed by atoms with van der Waals surface area (Å²) in [6, 6.07) is 4.75. The largest absolute Gasteiger partial charge is 0.330 e. The molecule has 1 aromatic carbocycles. The lowest BCUT2D eigenvalue weighted by atomic mass is 10.1. The Bertz CT molecular complexity index is 546. The Balaban J connectivity index is 2.36. The zero-order valence-electron chi connectivity index (χ0n) is 10.8. The summed E-state index contributed by atoms with van der Waals surface area (Å²) in [4.78, 5) is 0. The van der Waals surface area contributed by atoms with E-state index in [1.54, 1.807) is 6.07 Å². The fourth-order valence-electron chi connectivity index (χ4n) is 2.08. The zero-order valence-corrected chi connectivity index (χ0v) is 10.8. The maximum atomic E-state index is 13.1. The number of halogens is 1. The molecule has 2 rings (SSSR count). The number of rotatable bonds is 4. The average Bonchev–Trinajstić information content (AvgIpc) is 2.68. The highest BCUT2D eigenvalue weighted by molar-refractivity contribution is 5.42. The van der Waals surface area contributed by atoms with E-state index in [0.29, 0.717) is 6.54 Å². The first kappa shape index (κ1) is 12.8. The third-order valence-corrected chi connectivity index (χ3v) is 3.15. The molecule has 0 saturated carbocycles. The van der Waals surface area contributed by atoms with Gasteiger partial charge in [-0.15, -0.1) is 0 Å². The summed E-state index contributed by atoms with van der Waals surface area (Å²) >= 11 is 0. The molecule has 1 heterocycles. The number of aromatic nitrogens is 2. The molecule has 0 saturated heterocycles. The van der Waals surface area contributed by atoms with Crippen molar-refractivity contribution in [1.29, 1.82) is 0 Å². The maximum absolute atomic E-state index is 13.1. The normalized spacial score (nSPS) is 10.9. The van der Waals surface area contributed by atoms with E-state index in [4.69, 9.17) is 5.73 Å². The Hall–Kier alpha value is -1.68. The quantitative estimate of drug-likeness (QED) is 0.902. The monoisotopic (exact) mass is 247 g/mol. The minimum atomic E-state index is -0.218. The summed E-state index contributed by atoms with van der Waals surface area (Å²) in [5, 5.41) is 4.38. The Kier molecular flexibility index (Phi) is 3.77. The molecule has 2 N–H and O–H groups in total. The van der Waals surface area contributed by atoms with Crippen molar-refractivity contribution in [2.24, 2.45) is 5.73 Å². The highest BCUT2D eigenvalue weighted by atomic mass is 19.1. The molecular weight excluding hydrogens is 229 g/mol. The number of hydrogen-bond donors (Lipinski definition) is 1. The van der Waals surface area contributed by atoms with E-state index in [-0.39, 0.29) is 5.82 Å². The second-order valence-corrected chi connectivity index (χ2v) is 4.49. The molecule has 1 aromatic heterocycles. The Morgan fingerprint density at radius 3 is 2.78 bits per heavy atom. The van der Waals surface area contributed by atoms with E-state index in [2.05, 4.69) is 5.10 Å². The molecule has 18 heavy (non-hydrogen) atoms. The molecule has 3 nitrogen and oxygen atoms in total. The second kappa shape index (κ2) is 5.31. The number of aryl methyl sites for hydroxylation is 2. The Morgan fingerprint density at radius 2 is 2.11 bits per heavy atom. The topological polar surface area (TPSA) is 43.8 Å². The molecule has 0 unspecified atom stereocenters. The molecule has 0 radical (unpaired) electrons. The molecule has 0 spiro atoms. The first-order valence-corrected chi connectivity index (χ1v) is 6.13. The summed E-state index contributed by atoms with van der Waals surface area (Å²) in [6.07, 6.45) is 3.76. The van der Waals surface area contributed by atoms with Crippen molar-refractivity contribution in [3.63, 3.8) is 0 Å². The predicted molar refractivity (Wildman–Crippen MR) is 70.4 cm³/mol. The molecule has 0 aliphatic rings. The summed E-state index contributed by atoms with van der Waals surface area (Å²) in [5.41, 5.74) is 9.62. The van der Waals surface area contributed by atoms with Gasteiger partial charge in [-0.1, -0.05) is 0 Å². The highest BCUT2D eigenvalue weighted by Crippen LogP contribution is 2.19. The van der Waals surface area contributed by atoms with Gasteiger partial charge in [0.1, 0.15) is 5.82 Å². The summed E-state index contributed by atoms with van der Waals surface area (Å²) in [5.74, 6) is -0.218. The van der Waals surface area contributed by atoms with E-state index >= 15 is 0 Å². The van der Waals surface area contributed by atoms with Crippen molar-refractivity contribution < 1.29 is 4.39 Å². The van der Waals surface area contributed by atoms with Crippen molar-refractivity contribution in [3.8, 4) is 5.69 Å². The van der Waals surface area contributed by atoms with Crippen molar-refractivity contribution >= 4 is 0 Å². The minimum absolute atomic E-state index is 0.218. The van der Waals surface area contributed by atoms with Crippen molar-refractivity contribution in [2.75, 3.05) is 6.54 Å². The molecule has 0 fully saturated rings. The lowest BCUT2D eigenvalue weighted by Crippen LogP contribution is -2.03. The van der Waals surface area contributed by atoms with Crippen molar-refractivity contribution in [3.05, 3.63) is 47.0 Å². The van der Waals surface area contributed by atoms with Crippen LogP contribution in [0.3, 0.4) is 0 Å². The number of hydrogen-bond acceptors (Lipinski definition) is 2. The van der Waals surface area contributed by atoms with Crippen molar-refractivity contribution in [2.45, 2.75) is 26.7 Å². The van der Waals surface area contributed by atoms with Gasteiger partial charge in [0.25, 0.3) is 0 Å². The predicted octanol–water partition coefficient (Wildman–Crippen LogP) is 2.52. The van der Waals surface area contributed by atoms with Gasteiger partial charge in [0.05, 0.1) is 11.9 Å². The lowest BCUT2D eigenvalue weighted by molar-refractivity contribution is 0.625. The molecule has 0 aliphatic carbocycles. The molecule has 0 atom stereocenters. The number of benzene rings is 1. The summed E-state index contributed by atoms with van der Waals surface area (Å²) < 4.78 is 15.0. The third kappa shape index (κ3) is 2.43. The highest BCUT2D eigenvalue weighted by Gasteiger charge is 2.10. The Labute approximate surface area is 106 Å². The third-order valence-electron chi connectivity index (χ3n) is 3.15. The first-order chi connectivity index (χ1) is 8.63. The van der Waals surface area contributed by atoms with Crippen LogP contribution in [0.15, 0.2) is 24.4 Å². The smallest absolute Gasteiger partial charge is 0.123 e. The van der Waals surface area contributed by atoms with E-state index in [9.17, 15) is 4.39 Å². The minimum Gasteiger partial charge on any atom is -0.330 e. The van der Waals surface area contributed by atoms with Gasteiger partial charge in [-0.2, -0.15) is 5.10 Å². The lowest BCUT2D eigenvalue weighted by Gasteiger charge is -2.09. The van der Waals surface area contributed by atoms with Crippen LogP contribution < -0.4 is 5.73 Å². The second-order valence-electron chi connectivity index (χ2n) is 4.49. The molecule has 2 aromatic rings. The van der Waals surface area contributed by atoms with Crippen LogP contribution in [0.2, 0.25) is 0 Å². The van der Waals surface area contributed by atoms with Crippen LogP contribution in [0, 0.1) is 19.7 Å². The molecule has 4 heteroatoms. The SMILES string of the molecule is Cc1cc(F)ccc1-n1ncc(CCCN)c1C. The van der Waals surface area contributed by atoms with E-state index in [1.165, 1.54) is 17.7 Å². The van der Waals surface area contributed by atoms with E-state index in [1.807, 2.05) is 24.7 Å².